The third-order valence-corrected chi connectivity index (χ3v) is 2.73. The minimum absolute atomic E-state index is 0.369. The Hall–Kier alpha value is -1.09. The summed E-state index contributed by atoms with van der Waals surface area (Å²) in [5.74, 6) is 0. The number of pyridine rings is 1. The molecule has 3 nitrogen and oxygen atoms in total. The summed E-state index contributed by atoms with van der Waals surface area (Å²) in [6, 6.07) is 2.66. The number of ether oxygens (including phenoxy) is 1. The number of nitrogens with one attached hydrogen (secondary N) is 1. The van der Waals surface area contributed by atoms with Crippen LogP contribution in [0.1, 0.15) is 25.3 Å². The SMILES string of the molecule is Cc1cncc(NC2CCOC(C)C2)c1. The average molecular weight is 206 g/mol. The number of hydrogen-bond donors (Lipinski definition) is 1. The second-order valence-corrected chi connectivity index (χ2v) is 4.30. The first-order valence-electron chi connectivity index (χ1n) is 5.54. The van der Waals surface area contributed by atoms with E-state index < -0.39 is 0 Å². The van der Waals surface area contributed by atoms with Crippen LogP contribution < -0.4 is 5.32 Å². The molecule has 1 aromatic heterocycles. The zero-order valence-electron chi connectivity index (χ0n) is 9.36. The van der Waals surface area contributed by atoms with Gasteiger partial charge in [0.05, 0.1) is 11.8 Å². The van der Waals surface area contributed by atoms with Crippen LogP contribution in [0.25, 0.3) is 0 Å². The Morgan fingerprint density at radius 2 is 2.33 bits per heavy atom. The third kappa shape index (κ3) is 2.93. The Morgan fingerprint density at radius 3 is 3.07 bits per heavy atom. The lowest BCUT2D eigenvalue weighted by molar-refractivity contribution is 0.0232. The molecule has 0 radical (unpaired) electrons. The van der Waals surface area contributed by atoms with Gasteiger partial charge < -0.3 is 10.1 Å². The van der Waals surface area contributed by atoms with Gasteiger partial charge in [0.25, 0.3) is 0 Å². The van der Waals surface area contributed by atoms with Gasteiger partial charge in [-0.2, -0.15) is 0 Å². The van der Waals surface area contributed by atoms with Crippen LogP contribution >= 0.6 is 0 Å². The van der Waals surface area contributed by atoms with Gasteiger partial charge in [-0.3, -0.25) is 4.98 Å². The van der Waals surface area contributed by atoms with Crippen molar-refractivity contribution in [1.29, 1.82) is 0 Å². The lowest BCUT2D eigenvalue weighted by atomic mass is 10.0. The molecule has 2 heterocycles. The van der Waals surface area contributed by atoms with Crippen molar-refractivity contribution in [2.75, 3.05) is 11.9 Å². The van der Waals surface area contributed by atoms with E-state index in [1.807, 2.05) is 12.4 Å². The van der Waals surface area contributed by atoms with Crippen molar-refractivity contribution in [2.24, 2.45) is 0 Å². The Balaban J connectivity index is 1.96. The van der Waals surface area contributed by atoms with Gasteiger partial charge in [-0.1, -0.05) is 0 Å². The van der Waals surface area contributed by atoms with E-state index in [1.165, 1.54) is 5.56 Å². The first-order chi connectivity index (χ1) is 7.24. The van der Waals surface area contributed by atoms with E-state index in [0.717, 1.165) is 25.1 Å². The van der Waals surface area contributed by atoms with Crippen LogP contribution in [-0.4, -0.2) is 23.7 Å². The fourth-order valence-corrected chi connectivity index (χ4v) is 2.00. The van der Waals surface area contributed by atoms with E-state index in [-0.39, 0.29) is 0 Å². The molecule has 0 aliphatic carbocycles. The van der Waals surface area contributed by atoms with Crippen LogP contribution in [0.5, 0.6) is 0 Å². The van der Waals surface area contributed by atoms with Gasteiger partial charge in [0.1, 0.15) is 0 Å². The smallest absolute Gasteiger partial charge is 0.0566 e. The van der Waals surface area contributed by atoms with Gasteiger partial charge in [0.2, 0.25) is 0 Å². The van der Waals surface area contributed by atoms with Crippen LogP contribution in [0, 0.1) is 6.92 Å². The zero-order chi connectivity index (χ0) is 10.7. The molecule has 3 heteroatoms. The predicted octanol–water partition coefficient (Wildman–Crippen LogP) is 2.37. The summed E-state index contributed by atoms with van der Waals surface area (Å²) in [6.07, 6.45) is 6.28. The molecule has 1 saturated heterocycles. The van der Waals surface area contributed by atoms with Gasteiger partial charge in [0, 0.05) is 25.0 Å². The van der Waals surface area contributed by atoms with Crippen molar-refractivity contribution >= 4 is 5.69 Å². The fourth-order valence-electron chi connectivity index (χ4n) is 2.00. The lowest BCUT2D eigenvalue weighted by Gasteiger charge is -2.28. The van der Waals surface area contributed by atoms with Gasteiger partial charge in [-0.05, 0) is 38.3 Å². The van der Waals surface area contributed by atoms with E-state index in [2.05, 4.69) is 30.2 Å². The van der Waals surface area contributed by atoms with Crippen LogP contribution in [0.3, 0.4) is 0 Å². The molecule has 1 aromatic rings. The van der Waals surface area contributed by atoms with Crippen molar-refractivity contribution < 1.29 is 4.74 Å². The van der Waals surface area contributed by atoms with E-state index in [4.69, 9.17) is 4.74 Å². The summed E-state index contributed by atoms with van der Waals surface area (Å²) in [5, 5.41) is 3.51. The minimum Gasteiger partial charge on any atom is -0.381 e. The van der Waals surface area contributed by atoms with Crippen LogP contribution in [0.15, 0.2) is 18.5 Å². The second-order valence-electron chi connectivity index (χ2n) is 4.30. The second kappa shape index (κ2) is 4.62. The first-order valence-corrected chi connectivity index (χ1v) is 5.54. The van der Waals surface area contributed by atoms with E-state index >= 15 is 0 Å². The number of rotatable bonds is 2. The van der Waals surface area contributed by atoms with Gasteiger partial charge in [-0.25, -0.2) is 0 Å². The normalized spacial score (nSPS) is 26.3. The summed E-state index contributed by atoms with van der Waals surface area (Å²) in [4.78, 5) is 4.17. The lowest BCUT2D eigenvalue weighted by Crippen LogP contribution is -2.32. The van der Waals surface area contributed by atoms with Crippen molar-refractivity contribution in [1.82, 2.24) is 4.98 Å². The quantitative estimate of drug-likeness (QED) is 0.806. The molecule has 82 valence electrons. The molecule has 0 amide bonds. The number of aryl methyl sites for hydroxylation is 1. The number of nitrogens with zero attached hydrogens (tertiary/aromatic N) is 1. The molecule has 0 bridgehead atoms. The topological polar surface area (TPSA) is 34.2 Å². The molecule has 2 rings (SSSR count). The van der Waals surface area contributed by atoms with Crippen molar-refractivity contribution in [3.05, 3.63) is 24.0 Å². The van der Waals surface area contributed by atoms with Crippen LogP contribution in [-0.2, 0) is 4.74 Å². The van der Waals surface area contributed by atoms with E-state index in [9.17, 15) is 0 Å². The minimum atomic E-state index is 0.369. The highest BCUT2D eigenvalue weighted by molar-refractivity contribution is 5.43. The molecule has 0 saturated carbocycles. The Bertz CT molecular complexity index is 327. The molecule has 1 N–H and O–H groups in total. The Labute approximate surface area is 90.9 Å². The number of hydrogen-bond acceptors (Lipinski definition) is 3. The average Bonchev–Trinajstić information content (AvgIpc) is 2.17. The summed E-state index contributed by atoms with van der Waals surface area (Å²) >= 11 is 0. The standard InChI is InChI=1S/C12H18N2O/c1-9-5-12(8-13-7-9)14-11-3-4-15-10(2)6-11/h5,7-8,10-11,14H,3-4,6H2,1-2H3. The number of aromatic nitrogens is 1. The van der Waals surface area contributed by atoms with Crippen LogP contribution in [0.2, 0.25) is 0 Å². The maximum Gasteiger partial charge on any atom is 0.0566 e. The molecule has 2 unspecified atom stereocenters. The molecule has 15 heavy (non-hydrogen) atoms. The molecular weight excluding hydrogens is 188 g/mol. The molecule has 1 aliphatic heterocycles. The van der Waals surface area contributed by atoms with Crippen molar-refractivity contribution in [3.63, 3.8) is 0 Å². The van der Waals surface area contributed by atoms with Gasteiger partial charge in [0.15, 0.2) is 0 Å². The maximum atomic E-state index is 5.51. The van der Waals surface area contributed by atoms with Crippen molar-refractivity contribution in [3.8, 4) is 0 Å². The number of anilines is 1. The maximum absolute atomic E-state index is 5.51. The highest BCUT2D eigenvalue weighted by Gasteiger charge is 2.18. The molecule has 1 fully saturated rings. The predicted molar refractivity (Wildman–Crippen MR) is 61.0 cm³/mol. The monoisotopic (exact) mass is 206 g/mol. The molecular formula is C12H18N2O. The largest absolute Gasteiger partial charge is 0.381 e. The van der Waals surface area contributed by atoms with Crippen molar-refractivity contribution in [2.45, 2.75) is 38.8 Å². The molecule has 0 aromatic carbocycles. The molecule has 0 spiro atoms. The first kappa shape index (κ1) is 10.4. The highest BCUT2D eigenvalue weighted by atomic mass is 16.5. The molecule has 1 aliphatic rings. The Morgan fingerprint density at radius 1 is 1.47 bits per heavy atom. The summed E-state index contributed by atoms with van der Waals surface area (Å²) in [7, 11) is 0. The van der Waals surface area contributed by atoms with Crippen LogP contribution in [0.4, 0.5) is 5.69 Å². The highest BCUT2D eigenvalue weighted by Crippen LogP contribution is 2.18. The summed E-state index contributed by atoms with van der Waals surface area (Å²) < 4.78 is 5.51. The zero-order valence-corrected chi connectivity index (χ0v) is 9.36. The van der Waals surface area contributed by atoms with E-state index in [1.54, 1.807) is 0 Å². The fraction of sp³-hybridized carbons (Fsp3) is 0.583. The van der Waals surface area contributed by atoms with Gasteiger partial charge in [-0.15, -0.1) is 0 Å². The third-order valence-electron chi connectivity index (χ3n) is 2.73. The summed E-state index contributed by atoms with van der Waals surface area (Å²) in [6.45, 7) is 5.05. The molecule has 2 atom stereocenters. The summed E-state index contributed by atoms with van der Waals surface area (Å²) in [5.41, 5.74) is 2.31. The van der Waals surface area contributed by atoms with E-state index in [0.29, 0.717) is 12.1 Å². The Kier molecular flexibility index (Phi) is 3.21. The van der Waals surface area contributed by atoms with Gasteiger partial charge >= 0.3 is 0 Å².